The summed E-state index contributed by atoms with van der Waals surface area (Å²) < 4.78 is 0. The number of carbonyl (C=O) groups is 1. The van der Waals surface area contributed by atoms with E-state index in [9.17, 15) is 9.90 Å². The Labute approximate surface area is 159 Å². The smallest absolute Gasteiger partial charge is 0.275 e. The van der Waals surface area contributed by atoms with E-state index < -0.39 is 6.10 Å². The van der Waals surface area contributed by atoms with Gasteiger partial charge < -0.3 is 15.4 Å². The van der Waals surface area contributed by atoms with Gasteiger partial charge in [-0.3, -0.25) is 4.79 Å². The quantitative estimate of drug-likeness (QED) is 0.491. The summed E-state index contributed by atoms with van der Waals surface area (Å²) in [4.78, 5) is 24.3. The lowest BCUT2D eigenvalue weighted by molar-refractivity contribution is 0.102. The molecule has 0 aliphatic rings. The average Bonchev–Trinajstić information content (AvgIpc) is 3.29. The van der Waals surface area contributed by atoms with Crippen molar-refractivity contribution in [3.8, 4) is 0 Å². The summed E-state index contributed by atoms with van der Waals surface area (Å²) in [5.74, 6) is 0.249. The third-order valence-corrected chi connectivity index (χ3v) is 4.99. The molecule has 136 valence electrons. The van der Waals surface area contributed by atoms with Gasteiger partial charge in [0.05, 0.1) is 16.0 Å². The van der Waals surface area contributed by atoms with Crippen LogP contribution in [0.4, 0.5) is 5.69 Å². The molecule has 3 N–H and O–H groups in total. The second-order valence-corrected chi connectivity index (χ2v) is 7.22. The minimum absolute atomic E-state index is 0.250. The number of aromatic nitrogens is 3. The molecule has 7 heteroatoms. The summed E-state index contributed by atoms with van der Waals surface area (Å²) in [6.07, 6.45) is 0.0366. The van der Waals surface area contributed by atoms with Crippen molar-refractivity contribution in [1.29, 1.82) is 0 Å². The molecule has 2 aromatic heterocycles. The number of amides is 1. The van der Waals surface area contributed by atoms with E-state index in [1.165, 1.54) is 11.3 Å². The number of aliphatic hydroxyl groups is 1. The maximum atomic E-state index is 12.5. The molecule has 1 atom stereocenters. The normalized spacial score (nSPS) is 12.2. The van der Waals surface area contributed by atoms with E-state index in [2.05, 4.69) is 20.3 Å². The molecule has 0 saturated carbocycles. The van der Waals surface area contributed by atoms with Crippen molar-refractivity contribution >= 4 is 34.0 Å². The number of imidazole rings is 1. The van der Waals surface area contributed by atoms with Crippen LogP contribution in [0.1, 0.15) is 39.9 Å². The van der Waals surface area contributed by atoms with Gasteiger partial charge >= 0.3 is 0 Å². The van der Waals surface area contributed by atoms with Crippen LogP contribution in [0.2, 0.25) is 0 Å². The van der Waals surface area contributed by atoms with Gasteiger partial charge in [-0.15, -0.1) is 11.3 Å². The Bertz CT molecular complexity index is 1090. The van der Waals surface area contributed by atoms with Gasteiger partial charge in [-0.1, -0.05) is 30.3 Å². The van der Waals surface area contributed by atoms with Gasteiger partial charge in [-0.05, 0) is 30.7 Å². The van der Waals surface area contributed by atoms with E-state index >= 15 is 0 Å². The number of hydrogen-bond donors (Lipinski definition) is 3. The molecule has 0 aliphatic heterocycles. The zero-order chi connectivity index (χ0) is 18.8. The Morgan fingerprint density at radius 1 is 1.22 bits per heavy atom. The third kappa shape index (κ3) is 3.89. The second kappa shape index (κ2) is 7.30. The average molecular weight is 378 g/mol. The van der Waals surface area contributed by atoms with Crippen LogP contribution >= 0.6 is 11.3 Å². The van der Waals surface area contributed by atoms with Crippen LogP contribution in [0.3, 0.4) is 0 Å². The van der Waals surface area contributed by atoms with E-state index in [1.54, 1.807) is 30.5 Å². The Kier molecular flexibility index (Phi) is 4.70. The Morgan fingerprint density at radius 3 is 2.81 bits per heavy atom. The van der Waals surface area contributed by atoms with E-state index in [-0.39, 0.29) is 5.91 Å². The molecule has 4 aromatic rings. The molecule has 0 aliphatic carbocycles. The van der Waals surface area contributed by atoms with Gasteiger partial charge in [0.15, 0.2) is 0 Å². The first kappa shape index (κ1) is 17.4. The summed E-state index contributed by atoms with van der Waals surface area (Å²) in [5.41, 5.74) is 3.71. The van der Waals surface area contributed by atoms with Gasteiger partial charge in [-0.2, -0.15) is 0 Å². The fourth-order valence-electron chi connectivity index (χ4n) is 2.77. The van der Waals surface area contributed by atoms with Crippen LogP contribution < -0.4 is 5.32 Å². The number of nitrogens with one attached hydrogen (secondary N) is 2. The highest BCUT2D eigenvalue weighted by atomic mass is 32.1. The second-order valence-electron chi connectivity index (χ2n) is 6.27. The van der Waals surface area contributed by atoms with Crippen molar-refractivity contribution in [3.05, 3.63) is 76.0 Å². The lowest BCUT2D eigenvalue weighted by Crippen LogP contribution is -2.12. The van der Waals surface area contributed by atoms with Gasteiger partial charge in [0.1, 0.15) is 17.6 Å². The summed E-state index contributed by atoms with van der Waals surface area (Å²) in [6.45, 7) is 1.65. The van der Waals surface area contributed by atoms with Crippen molar-refractivity contribution in [2.75, 3.05) is 5.32 Å². The number of rotatable bonds is 5. The molecular weight excluding hydrogens is 360 g/mol. The molecule has 1 unspecified atom stereocenters. The standard InChI is InChI=1S/C20H18N4O2S/c1-12(25)19-23-15-8-7-14(10-16(15)24-19)21-20(26)17-11-27-18(22-17)9-13-5-3-2-4-6-13/h2-8,10-12,25H,9H2,1H3,(H,21,26)(H,23,24). The summed E-state index contributed by atoms with van der Waals surface area (Å²) in [6, 6.07) is 15.4. The van der Waals surface area contributed by atoms with Crippen LogP contribution in [-0.2, 0) is 6.42 Å². The van der Waals surface area contributed by atoms with Gasteiger partial charge in [0.25, 0.3) is 5.91 Å². The Hall–Kier alpha value is -3.03. The number of H-pyrrole nitrogens is 1. The van der Waals surface area contributed by atoms with Crippen LogP contribution in [0, 0.1) is 0 Å². The maximum absolute atomic E-state index is 12.5. The van der Waals surface area contributed by atoms with Crippen LogP contribution in [0.15, 0.2) is 53.9 Å². The Morgan fingerprint density at radius 2 is 2.04 bits per heavy atom. The number of hydrogen-bond acceptors (Lipinski definition) is 5. The van der Waals surface area contributed by atoms with Gasteiger partial charge in [0.2, 0.25) is 0 Å². The molecule has 4 rings (SSSR count). The van der Waals surface area contributed by atoms with Crippen molar-refractivity contribution in [3.63, 3.8) is 0 Å². The van der Waals surface area contributed by atoms with E-state index in [1.807, 2.05) is 30.3 Å². The fourth-order valence-corrected chi connectivity index (χ4v) is 3.58. The molecule has 0 saturated heterocycles. The first-order chi connectivity index (χ1) is 13.1. The Balaban J connectivity index is 1.48. The number of nitrogens with zero attached hydrogens (tertiary/aromatic N) is 2. The van der Waals surface area contributed by atoms with Crippen molar-refractivity contribution in [1.82, 2.24) is 15.0 Å². The lowest BCUT2D eigenvalue weighted by Gasteiger charge is -2.03. The highest BCUT2D eigenvalue weighted by Gasteiger charge is 2.13. The monoisotopic (exact) mass is 378 g/mol. The number of anilines is 1. The molecular formula is C20H18N4O2S. The number of carbonyl (C=O) groups excluding carboxylic acids is 1. The molecule has 1 amide bonds. The van der Waals surface area contributed by atoms with Crippen molar-refractivity contribution in [2.45, 2.75) is 19.4 Å². The zero-order valence-corrected chi connectivity index (χ0v) is 15.5. The number of fused-ring (bicyclic) bond motifs is 1. The highest BCUT2D eigenvalue weighted by molar-refractivity contribution is 7.09. The third-order valence-electron chi connectivity index (χ3n) is 4.14. The number of thiazole rings is 1. The predicted molar refractivity (Wildman–Crippen MR) is 106 cm³/mol. The predicted octanol–water partition coefficient (Wildman–Crippen LogP) is 3.92. The van der Waals surface area contributed by atoms with Crippen LogP contribution in [-0.4, -0.2) is 26.0 Å². The molecule has 2 aromatic carbocycles. The van der Waals surface area contributed by atoms with Crippen molar-refractivity contribution in [2.24, 2.45) is 0 Å². The lowest BCUT2D eigenvalue weighted by atomic mass is 10.2. The zero-order valence-electron chi connectivity index (χ0n) is 14.6. The molecule has 6 nitrogen and oxygen atoms in total. The molecule has 0 fully saturated rings. The number of benzene rings is 2. The van der Waals surface area contributed by atoms with E-state index in [0.717, 1.165) is 21.6 Å². The van der Waals surface area contributed by atoms with Gasteiger partial charge in [-0.25, -0.2) is 9.97 Å². The number of aliphatic hydroxyl groups excluding tert-OH is 1. The van der Waals surface area contributed by atoms with Crippen molar-refractivity contribution < 1.29 is 9.90 Å². The summed E-state index contributed by atoms with van der Waals surface area (Å²) in [7, 11) is 0. The fraction of sp³-hybridized carbons (Fsp3) is 0.150. The largest absolute Gasteiger partial charge is 0.385 e. The molecule has 0 spiro atoms. The summed E-state index contributed by atoms with van der Waals surface area (Å²) >= 11 is 1.48. The maximum Gasteiger partial charge on any atom is 0.275 e. The van der Waals surface area contributed by atoms with Gasteiger partial charge in [0, 0.05) is 17.5 Å². The molecule has 0 bridgehead atoms. The first-order valence-corrected chi connectivity index (χ1v) is 9.44. The minimum Gasteiger partial charge on any atom is -0.385 e. The molecule has 0 radical (unpaired) electrons. The molecule has 2 heterocycles. The highest BCUT2D eigenvalue weighted by Crippen LogP contribution is 2.21. The van der Waals surface area contributed by atoms with Crippen LogP contribution in [0.25, 0.3) is 11.0 Å². The molecule has 27 heavy (non-hydrogen) atoms. The summed E-state index contributed by atoms with van der Waals surface area (Å²) in [5, 5.41) is 15.2. The van der Waals surface area contributed by atoms with E-state index in [0.29, 0.717) is 23.6 Å². The topological polar surface area (TPSA) is 90.9 Å². The SMILES string of the molecule is CC(O)c1nc2ccc(NC(=O)c3csc(Cc4ccccc4)n3)cc2[nH]1. The van der Waals surface area contributed by atoms with Crippen LogP contribution in [0.5, 0.6) is 0 Å². The first-order valence-electron chi connectivity index (χ1n) is 8.56. The number of aromatic amines is 1. The van der Waals surface area contributed by atoms with E-state index in [4.69, 9.17) is 0 Å². The minimum atomic E-state index is -0.673.